The maximum Gasteiger partial charge on any atom is 0.228 e. The molecule has 0 aliphatic rings. The maximum absolute atomic E-state index is 10.5. The van der Waals surface area contributed by atoms with Crippen molar-refractivity contribution in [3.8, 4) is 12.3 Å². The topological polar surface area (TPSA) is 48.2 Å². The van der Waals surface area contributed by atoms with Crippen molar-refractivity contribution < 1.29 is 8.42 Å². The van der Waals surface area contributed by atoms with Gasteiger partial charge in [0.1, 0.15) is 0 Å². The summed E-state index contributed by atoms with van der Waals surface area (Å²) in [7, 11) is -3.20. The minimum Gasteiger partial charge on any atom is -0.211 e. The van der Waals surface area contributed by atoms with E-state index in [1.54, 1.807) is 0 Å². The van der Waals surface area contributed by atoms with Gasteiger partial charge in [0.25, 0.3) is 0 Å². The third-order valence-corrected chi connectivity index (χ3v) is 1.97. The van der Waals surface area contributed by atoms with Gasteiger partial charge in [-0.05, 0) is 6.92 Å². The standard InChI is InChI=1S/C5H8NO2S/c1-3-5-6-9(7,8)4-2/h1H,4-5H2,2H3. The van der Waals surface area contributed by atoms with Gasteiger partial charge in [0.05, 0.1) is 12.3 Å². The molecule has 0 aliphatic carbocycles. The van der Waals surface area contributed by atoms with E-state index in [0.29, 0.717) is 0 Å². The van der Waals surface area contributed by atoms with Gasteiger partial charge in [0.2, 0.25) is 10.0 Å². The van der Waals surface area contributed by atoms with Crippen molar-refractivity contribution in [1.82, 2.24) is 4.72 Å². The first kappa shape index (κ1) is 8.47. The number of hydrogen-bond acceptors (Lipinski definition) is 2. The van der Waals surface area contributed by atoms with E-state index in [0.717, 1.165) is 0 Å². The summed E-state index contributed by atoms with van der Waals surface area (Å²) in [5, 5.41) is 0. The lowest BCUT2D eigenvalue weighted by Gasteiger charge is -1.93. The van der Waals surface area contributed by atoms with Gasteiger partial charge in [-0.2, -0.15) is 0 Å². The first-order valence-corrected chi connectivity index (χ1v) is 4.08. The van der Waals surface area contributed by atoms with Gasteiger partial charge >= 0.3 is 0 Å². The zero-order valence-corrected chi connectivity index (χ0v) is 5.98. The lowest BCUT2D eigenvalue weighted by Crippen LogP contribution is -2.17. The van der Waals surface area contributed by atoms with Crippen LogP contribution in [0.5, 0.6) is 0 Å². The van der Waals surface area contributed by atoms with Crippen molar-refractivity contribution in [3.63, 3.8) is 0 Å². The molecule has 0 heterocycles. The molecule has 0 saturated heterocycles. The minimum absolute atomic E-state index is 0.0225. The fourth-order valence-electron chi connectivity index (χ4n) is 0.227. The number of rotatable bonds is 3. The number of nitrogens with zero attached hydrogens (tertiary/aromatic N) is 1. The molecule has 0 saturated carbocycles. The Labute approximate surface area is 55.5 Å². The first-order chi connectivity index (χ1) is 4.12. The minimum atomic E-state index is -3.20. The van der Waals surface area contributed by atoms with Gasteiger partial charge in [-0.3, -0.25) is 0 Å². The molecule has 0 aromatic heterocycles. The smallest absolute Gasteiger partial charge is 0.211 e. The zero-order valence-electron chi connectivity index (χ0n) is 5.16. The van der Waals surface area contributed by atoms with Crippen LogP contribution < -0.4 is 4.72 Å². The van der Waals surface area contributed by atoms with Crippen LogP contribution in [-0.2, 0) is 10.0 Å². The second-order valence-corrected chi connectivity index (χ2v) is 3.36. The molecule has 0 aliphatic heterocycles. The highest BCUT2D eigenvalue weighted by Gasteiger charge is 2.04. The van der Waals surface area contributed by atoms with Gasteiger partial charge < -0.3 is 0 Å². The molecule has 0 amide bonds. The molecule has 9 heavy (non-hydrogen) atoms. The van der Waals surface area contributed by atoms with Crippen molar-refractivity contribution in [2.75, 3.05) is 12.3 Å². The Balaban J connectivity index is 3.78. The molecule has 0 fully saturated rings. The highest BCUT2D eigenvalue weighted by molar-refractivity contribution is 7.89. The molecule has 0 atom stereocenters. The van der Waals surface area contributed by atoms with Gasteiger partial charge in [0.15, 0.2) is 0 Å². The molecule has 0 bridgehead atoms. The molecule has 0 aromatic rings. The molecule has 4 heteroatoms. The Morgan fingerprint density at radius 1 is 1.67 bits per heavy atom. The zero-order chi connectivity index (χ0) is 7.33. The van der Waals surface area contributed by atoms with E-state index >= 15 is 0 Å². The Morgan fingerprint density at radius 3 is 2.56 bits per heavy atom. The summed E-state index contributed by atoms with van der Waals surface area (Å²) in [5.41, 5.74) is 0. The van der Waals surface area contributed by atoms with E-state index in [1.807, 2.05) is 0 Å². The van der Waals surface area contributed by atoms with Crippen molar-refractivity contribution in [3.05, 3.63) is 0 Å². The predicted octanol–water partition coefficient (Wildman–Crippen LogP) is -0.426. The first-order valence-electron chi connectivity index (χ1n) is 2.47. The Bertz CT molecular complexity index is 199. The van der Waals surface area contributed by atoms with E-state index in [1.165, 1.54) is 6.92 Å². The van der Waals surface area contributed by atoms with Crippen LogP contribution in [-0.4, -0.2) is 20.7 Å². The number of sulfonamides is 1. The van der Waals surface area contributed by atoms with Crippen LogP contribution >= 0.6 is 0 Å². The molecular formula is C5H8NO2S. The van der Waals surface area contributed by atoms with Gasteiger partial charge in [0, 0.05) is 0 Å². The fourth-order valence-corrected chi connectivity index (χ4v) is 0.681. The third kappa shape index (κ3) is 4.01. The lowest BCUT2D eigenvalue weighted by atomic mass is 10.7. The van der Waals surface area contributed by atoms with E-state index in [2.05, 4.69) is 10.6 Å². The molecule has 1 radical (unpaired) electrons. The Morgan fingerprint density at radius 2 is 2.22 bits per heavy atom. The average Bonchev–Trinajstić information content (AvgIpc) is 1.84. The van der Waals surface area contributed by atoms with Crippen molar-refractivity contribution >= 4 is 10.0 Å². The number of terminal acetylenes is 1. The highest BCUT2D eigenvalue weighted by Crippen LogP contribution is 1.81. The molecule has 3 nitrogen and oxygen atoms in total. The normalized spacial score (nSPS) is 10.7. The summed E-state index contributed by atoms with van der Waals surface area (Å²) in [6.07, 6.45) is 4.78. The van der Waals surface area contributed by atoms with Crippen LogP contribution in [0.2, 0.25) is 0 Å². The summed E-state index contributed by atoms with van der Waals surface area (Å²) < 4.78 is 24.2. The van der Waals surface area contributed by atoms with Crippen molar-refractivity contribution in [1.29, 1.82) is 0 Å². The monoisotopic (exact) mass is 146 g/mol. The molecule has 0 spiro atoms. The van der Waals surface area contributed by atoms with Crippen LogP contribution in [0, 0.1) is 12.3 Å². The second kappa shape index (κ2) is 3.49. The van der Waals surface area contributed by atoms with Crippen LogP contribution in [0.15, 0.2) is 0 Å². The third-order valence-electron chi connectivity index (χ3n) is 0.717. The van der Waals surface area contributed by atoms with Crippen molar-refractivity contribution in [2.45, 2.75) is 6.92 Å². The van der Waals surface area contributed by atoms with E-state index in [4.69, 9.17) is 6.42 Å². The van der Waals surface area contributed by atoms with Gasteiger partial charge in [-0.1, -0.05) is 5.92 Å². The summed E-state index contributed by atoms with van der Waals surface area (Å²) in [5.74, 6) is 2.13. The van der Waals surface area contributed by atoms with E-state index in [-0.39, 0.29) is 12.3 Å². The van der Waals surface area contributed by atoms with Gasteiger partial charge in [-0.15, -0.1) is 11.1 Å². The Kier molecular flexibility index (Phi) is 3.28. The largest absolute Gasteiger partial charge is 0.228 e. The molecule has 0 N–H and O–H groups in total. The fraction of sp³-hybridized carbons (Fsp3) is 0.600. The van der Waals surface area contributed by atoms with Gasteiger partial charge in [-0.25, -0.2) is 8.42 Å². The second-order valence-electron chi connectivity index (χ2n) is 1.36. The van der Waals surface area contributed by atoms with Crippen LogP contribution in [0.3, 0.4) is 0 Å². The summed E-state index contributed by atoms with van der Waals surface area (Å²) in [6.45, 7) is 1.48. The van der Waals surface area contributed by atoms with Crippen LogP contribution in [0.1, 0.15) is 6.92 Å². The highest BCUT2D eigenvalue weighted by atomic mass is 32.2. The summed E-state index contributed by atoms with van der Waals surface area (Å²) in [6, 6.07) is 0. The number of hydrogen-bond donors (Lipinski definition) is 0. The van der Waals surface area contributed by atoms with Crippen LogP contribution in [0.4, 0.5) is 0 Å². The molecule has 51 valence electrons. The van der Waals surface area contributed by atoms with E-state index < -0.39 is 10.0 Å². The lowest BCUT2D eigenvalue weighted by molar-refractivity contribution is 0.586. The SMILES string of the molecule is C#CC[N]S(=O)(=O)CC. The van der Waals surface area contributed by atoms with E-state index in [9.17, 15) is 8.42 Å². The summed E-state index contributed by atoms with van der Waals surface area (Å²) in [4.78, 5) is 0. The quantitative estimate of drug-likeness (QED) is 0.507. The van der Waals surface area contributed by atoms with Crippen LogP contribution in [0.25, 0.3) is 0 Å². The molecular weight excluding hydrogens is 138 g/mol. The maximum atomic E-state index is 10.5. The predicted molar refractivity (Wildman–Crippen MR) is 35.3 cm³/mol. The molecule has 0 unspecified atom stereocenters. The molecule has 0 rings (SSSR count). The Hall–Kier alpha value is -0.530. The average molecular weight is 146 g/mol. The summed E-state index contributed by atoms with van der Waals surface area (Å²) >= 11 is 0. The van der Waals surface area contributed by atoms with Crippen molar-refractivity contribution in [2.24, 2.45) is 0 Å². The molecule has 0 aromatic carbocycles.